The summed E-state index contributed by atoms with van der Waals surface area (Å²) in [7, 11) is 0. The van der Waals surface area contributed by atoms with Crippen LogP contribution in [-0.4, -0.2) is 18.7 Å². The van der Waals surface area contributed by atoms with Crippen LogP contribution < -0.4 is 0 Å². The van der Waals surface area contributed by atoms with Crippen molar-refractivity contribution in [2.75, 3.05) is 6.61 Å². The van der Waals surface area contributed by atoms with Crippen LogP contribution in [0.15, 0.2) is 24.3 Å². The maximum atomic E-state index is 11.7. The van der Waals surface area contributed by atoms with Gasteiger partial charge in [-0.15, -0.1) is 0 Å². The van der Waals surface area contributed by atoms with Gasteiger partial charge in [-0.2, -0.15) is 0 Å². The molecule has 6 nitrogen and oxygen atoms in total. The van der Waals surface area contributed by atoms with Crippen LogP contribution in [0.2, 0.25) is 0 Å². The molecule has 0 atom stereocenters. The lowest BCUT2D eigenvalue weighted by atomic mass is 10.1. The van der Waals surface area contributed by atoms with Crippen molar-refractivity contribution in [2.24, 2.45) is 0 Å². The molecule has 0 amide bonds. The van der Waals surface area contributed by atoms with Crippen molar-refractivity contribution >= 4 is 12.1 Å². The number of unbranched alkanes of at least 4 members (excludes halogenated alkanes) is 7. The Morgan fingerprint density at radius 2 is 1.52 bits per heavy atom. The third kappa shape index (κ3) is 9.72. The summed E-state index contributed by atoms with van der Waals surface area (Å²) in [6, 6.07) is 6.84. The molecule has 140 valence electrons. The molecule has 1 aromatic carbocycles. The van der Waals surface area contributed by atoms with Crippen molar-refractivity contribution in [1.29, 1.82) is 0 Å². The summed E-state index contributed by atoms with van der Waals surface area (Å²) in [5.74, 6) is -0.742. The van der Waals surface area contributed by atoms with E-state index in [0.717, 1.165) is 24.8 Å². The Balaban J connectivity index is 2.00. The maximum Gasteiger partial charge on any atom is 0.543 e. The molecule has 0 radical (unpaired) electrons. The minimum Gasteiger partial charge on any atom is -0.432 e. The summed E-state index contributed by atoms with van der Waals surface area (Å²) >= 11 is 0. The fraction of sp³-hybridized carbons (Fsp3) is 0.579. The molecule has 1 rings (SSSR count). The molecule has 0 saturated carbocycles. The van der Waals surface area contributed by atoms with E-state index in [1.54, 1.807) is 31.2 Å². The summed E-state index contributed by atoms with van der Waals surface area (Å²) in [6.45, 7) is 4.21. The quantitative estimate of drug-likeness (QED) is 0.220. The van der Waals surface area contributed by atoms with Gasteiger partial charge >= 0.3 is 12.1 Å². The van der Waals surface area contributed by atoms with E-state index in [4.69, 9.17) is 4.74 Å². The van der Waals surface area contributed by atoms with Gasteiger partial charge in [0.2, 0.25) is 0 Å². The highest BCUT2D eigenvalue weighted by Gasteiger charge is 2.13. The number of aryl methyl sites for hydroxylation is 1. The minimum absolute atomic E-state index is 0.253. The van der Waals surface area contributed by atoms with Crippen LogP contribution in [0.3, 0.4) is 0 Å². The molecular formula is C19H28O6. The predicted octanol–water partition coefficient (Wildman–Crippen LogP) is 5.29. The molecule has 0 fully saturated rings. The third-order valence-corrected chi connectivity index (χ3v) is 3.79. The molecule has 0 aromatic heterocycles. The molecule has 0 aliphatic carbocycles. The molecule has 1 aromatic rings. The van der Waals surface area contributed by atoms with Gasteiger partial charge < -0.3 is 4.74 Å². The summed E-state index contributed by atoms with van der Waals surface area (Å²) < 4.78 is 4.82. The first-order valence-electron chi connectivity index (χ1n) is 8.93. The van der Waals surface area contributed by atoms with Gasteiger partial charge in [-0.25, -0.2) is 14.5 Å². The topological polar surface area (TPSA) is 71.1 Å². The Morgan fingerprint density at radius 1 is 0.880 bits per heavy atom. The molecular weight excluding hydrogens is 324 g/mol. The lowest BCUT2D eigenvalue weighted by Gasteiger charge is -2.05. The number of ether oxygens (including phenoxy) is 1. The Kier molecular flexibility index (Phi) is 11.1. The van der Waals surface area contributed by atoms with Crippen LogP contribution in [0.5, 0.6) is 0 Å². The zero-order valence-electron chi connectivity index (χ0n) is 15.1. The maximum absolute atomic E-state index is 11.7. The largest absolute Gasteiger partial charge is 0.543 e. The average molecular weight is 352 g/mol. The lowest BCUT2D eigenvalue weighted by Crippen LogP contribution is -2.13. The number of carbonyl (C=O) groups is 2. The van der Waals surface area contributed by atoms with Crippen LogP contribution in [0.25, 0.3) is 0 Å². The van der Waals surface area contributed by atoms with Gasteiger partial charge in [0.25, 0.3) is 0 Å². The molecule has 0 aliphatic rings. The standard InChI is InChI=1S/C19H28O6/c1-3-4-5-6-7-8-9-12-15-22-19(21)24-25-23-18(20)17-14-11-10-13-16(17)2/h10-11,13-14H,3-9,12,15H2,1-2H3. The fourth-order valence-electron chi connectivity index (χ4n) is 2.34. The van der Waals surface area contributed by atoms with Crippen LogP contribution in [0.1, 0.15) is 74.2 Å². The Bertz CT molecular complexity index is 514. The van der Waals surface area contributed by atoms with E-state index >= 15 is 0 Å². The van der Waals surface area contributed by atoms with Gasteiger partial charge in [0.05, 0.1) is 17.2 Å². The van der Waals surface area contributed by atoms with Crippen molar-refractivity contribution in [3.05, 3.63) is 35.4 Å². The zero-order valence-corrected chi connectivity index (χ0v) is 15.1. The van der Waals surface area contributed by atoms with Crippen molar-refractivity contribution in [2.45, 2.75) is 65.2 Å². The first-order valence-corrected chi connectivity index (χ1v) is 8.93. The van der Waals surface area contributed by atoms with E-state index in [9.17, 15) is 9.59 Å². The van der Waals surface area contributed by atoms with Gasteiger partial charge in [-0.1, -0.05) is 70.1 Å². The van der Waals surface area contributed by atoms with Crippen LogP contribution in [0, 0.1) is 6.92 Å². The van der Waals surface area contributed by atoms with Gasteiger partial charge in [-0.05, 0) is 25.0 Å². The molecule has 0 spiro atoms. The summed E-state index contributed by atoms with van der Waals surface area (Å²) in [4.78, 5) is 31.6. The Morgan fingerprint density at radius 3 is 2.20 bits per heavy atom. The van der Waals surface area contributed by atoms with E-state index in [-0.39, 0.29) is 6.61 Å². The van der Waals surface area contributed by atoms with E-state index in [1.807, 2.05) is 0 Å². The monoisotopic (exact) mass is 352 g/mol. The van der Waals surface area contributed by atoms with E-state index in [0.29, 0.717) is 5.56 Å². The number of hydrogen-bond donors (Lipinski definition) is 0. The normalized spacial score (nSPS) is 10.3. The molecule has 0 bridgehead atoms. The first-order chi connectivity index (χ1) is 12.1. The summed E-state index contributed by atoms with van der Waals surface area (Å²) in [6.07, 6.45) is 8.18. The smallest absolute Gasteiger partial charge is 0.432 e. The molecule has 0 saturated heterocycles. The highest BCUT2D eigenvalue weighted by Crippen LogP contribution is 2.10. The minimum atomic E-state index is -1.03. The van der Waals surface area contributed by atoms with Crippen molar-refractivity contribution in [1.82, 2.24) is 0 Å². The van der Waals surface area contributed by atoms with Crippen molar-refractivity contribution < 1.29 is 29.1 Å². The second-order valence-corrected chi connectivity index (χ2v) is 5.91. The predicted molar refractivity (Wildman–Crippen MR) is 92.7 cm³/mol. The second-order valence-electron chi connectivity index (χ2n) is 5.91. The third-order valence-electron chi connectivity index (χ3n) is 3.79. The Hall–Kier alpha value is -2.08. The van der Waals surface area contributed by atoms with E-state index in [2.05, 4.69) is 21.7 Å². The van der Waals surface area contributed by atoms with Crippen LogP contribution in [0.4, 0.5) is 4.79 Å². The number of hydrogen-bond acceptors (Lipinski definition) is 6. The zero-order chi connectivity index (χ0) is 18.3. The van der Waals surface area contributed by atoms with Gasteiger partial charge in [0.15, 0.2) is 0 Å². The molecule has 0 aliphatic heterocycles. The number of benzene rings is 1. The van der Waals surface area contributed by atoms with E-state index in [1.165, 1.54) is 32.1 Å². The lowest BCUT2D eigenvalue weighted by molar-refractivity contribution is -0.452. The summed E-state index contributed by atoms with van der Waals surface area (Å²) in [5, 5.41) is 4.18. The Labute approximate surface area is 149 Å². The van der Waals surface area contributed by atoms with Crippen molar-refractivity contribution in [3.8, 4) is 0 Å². The molecule has 0 N–H and O–H groups in total. The SMILES string of the molecule is CCCCCCCCCCOC(=O)OOOC(=O)c1ccccc1C. The number of carbonyl (C=O) groups excluding carboxylic acids is 2. The molecule has 25 heavy (non-hydrogen) atoms. The van der Waals surface area contributed by atoms with Crippen LogP contribution in [-0.2, 0) is 19.6 Å². The van der Waals surface area contributed by atoms with E-state index < -0.39 is 12.1 Å². The van der Waals surface area contributed by atoms with Crippen molar-refractivity contribution in [3.63, 3.8) is 0 Å². The molecule has 0 unspecified atom stereocenters. The second kappa shape index (κ2) is 13.2. The average Bonchev–Trinajstić information content (AvgIpc) is 2.60. The van der Waals surface area contributed by atoms with Gasteiger partial charge in [0, 0.05) is 0 Å². The molecule has 0 heterocycles. The summed E-state index contributed by atoms with van der Waals surface area (Å²) in [5.41, 5.74) is 1.06. The highest BCUT2D eigenvalue weighted by atomic mass is 17.5. The van der Waals surface area contributed by atoms with Gasteiger partial charge in [-0.3, -0.25) is 4.89 Å². The molecule has 6 heteroatoms. The first kappa shape index (κ1) is 21.0. The van der Waals surface area contributed by atoms with Crippen LogP contribution >= 0.6 is 0 Å². The fourth-order valence-corrected chi connectivity index (χ4v) is 2.34. The number of rotatable bonds is 12. The highest BCUT2D eigenvalue weighted by molar-refractivity contribution is 5.90. The van der Waals surface area contributed by atoms with Gasteiger partial charge in [0.1, 0.15) is 0 Å².